The third kappa shape index (κ3) is 2.52. The van der Waals surface area contributed by atoms with E-state index in [-0.39, 0.29) is 16.7 Å². The number of carbonyl (C=O) groups excluding carboxylic acids is 1. The number of hydrogen-bond acceptors (Lipinski definition) is 2. The molecule has 96 valence electrons. The molecule has 0 bridgehead atoms. The van der Waals surface area contributed by atoms with Crippen molar-refractivity contribution in [3.8, 4) is 0 Å². The summed E-state index contributed by atoms with van der Waals surface area (Å²) in [6, 6.07) is 9.94. The van der Waals surface area contributed by atoms with Crippen LogP contribution in [0.3, 0.4) is 0 Å². The molecule has 0 heterocycles. The third-order valence-electron chi connectivity index (χ3n) is 2.77. The van der Waals surface area contributed by atoms with E-state index in [4.69, 9.17) is 5.11 Å². The van der Waals surface area contributed by atoms with Gasteiger partial charge in [-0.2, -0.15) is 0 Å². The lowest BCUT2D eigenvalue weighted by Crippen LogP contribution is -2.11. The summed E-state index contributed by atoms with van der Waals surface area (Å²) in [5.41, 5.74) is 0.471. The molecule has 2 aromatic rings. The number of rotatable bonds is 3. The van der Waals surface area contributed by atoms with E-state index in [0.29, 0.717) is 0 Å². The molecule has 0 amide bonds. The van der Waals surface area contributed by atoms with Crippen molar-refractivity contribution in [1.29, 1.82) is 0 Å². The van der Waals surface area contributed by atoms with Gasteiger partial charge in [-0.1, -0.05) is 29.8 Å². The molecule has 2 aromatic carbocycles. The fraction of sp³-hybridized carbons (Fsp3) is 0.0667. The van der Waals surface area contributed by atoms with Crippen molar-refractivity contribution in [3.05, 3.63) is 70.5 Å². The smallest absolute Gasteiger partial charge is 0.336 e. The van der Waals surface area contributed by atoms with Crippen molar-refractivity contribution in [2.75, 3.05) is 0 Å². The van der Waals surface area contributed by atoms with E-state index >= 15 is 0 Å². The quantitative estimate of drug-likeness (QED) is 0.861. The van der Waals surface area contributed by atoms with Crippen molar-refractivity contribution >= 4 is 11.8 Å². The van der Waals surface area contributed by atoms with E-state index in [2.05, 4.69) is 0 Å². The zero-order chi connectivity index (χ0) is 14.0. The van der Waals surface area contributed by atoms with Gasteiger partial charge < -0.3 is 5.11 Å². The van der Waals surface area contributed by atoms with Crippen molar-refractivity contribution < 1.29 is 19.1 Å². The molecule has 0 atom stereocenters. The van der Waals surface area contributed by atoms with Crippen molar-refractivity contribution in [2.24, 2.45) is 0 Å². The number of carbonyl (C=O) groups is 2. The van der Waals surface area contributed by atoms with Crippen LogP contribution in [-0.4, -0.2) is 16.9 Å². The molecule has 0 saturated heterocycles. The first kappa shape index (κ1) is 13.0. The van der Waals surface area contributed by atoms with E-state index < -0.39 is 17.6 Å². The highest BCUT2D eigenvalue weighted by atomic mass is 19.1. The van der Waals surface area contributed by atoms with E-state index in [1.807, 2.05) is 0 Å². The maximum Gasteiger partial charge on any atom is 0.336 e. The summed E-state index contributed by atoms with van der Waals surface area (Å²) in [4.78, 5) is 23.3. The summed E-state index contributed by atoms with van der Waals surface area (Å²) in [6.45, 7) is 1.74. The minimum atomic E-state index is -1.21. The third-order valence-corrected chi connectivity index (χ3v) is 2.77. The van der Waals surface area contributed by atoms with Gasteiger partial charge in [0.25, 0.3) is 0 Å². The fourth-order valence-electron chi connectivity index (χ4n) is 1.83. The van der Waals surface area contributed by atoms with Gasteiger partial charge in [0.15, 0.2) is 5.78 Å². The van der Waals surface area contributed by atoms with E-state index in [0.717, 1.165) is 5.56 Å². The standard InChI is InChI=1S/C15H11FO3/c1-9-6-7-13(16)12(8-9)14(17)10-4-2-3-5-11(10)15(18)19/h2-8H,1H3,(H,18,19). The van der Waals surface area contributed by atoms with Gasteiger partial charge in [-0.3, -0.25) is 4.79 Å². The lowest BCUT2D eigenvalue weighted by Gasteiger charge is -2.06. The Bertz CT molecular complexity index is 662. The number of aromatic carboxylic acids is 1. The summed E-state index contributed by atoms with van der Waals surface area (Å²) in [5.74, 6) is -2.49. The zero-order valence-corrected chi connectivity index (χ0v) is 10.2. The predicted molar refractivity (Wildman–Crippen MR) is 68.0 cm³/mol. The Hall–Kier alpha value is -2.49. The van der Waals surface area contributed by atoms with Crippen LogP contribution in [0.5, 0.6) is 0 Å². The van der Waals surface area contributed by atoms with E-state index in [1.54, 1.807) is 19.1 Å². The van der Waals surface area contributed by atoms with Crippen LogP contribution in [-0.2, 0) is 0 Å². The van der Waals surface area contributed by atoms with Gasteiger partial charge in [0.05, 0.1) is 11.1 Å². The molecule has 0 fully saturated rings. The molecule has 0 aliphatic heterocycles. The number of ketones is 1. The van der Waals surface area contributed by atoms with Crippen molar-refractivity contribution in [1.82, 2.24) is 0 Å². The van der Waals surface area contributed by atoms with Gasteiger partial charge in [-0.05, 0) is 25.1 Å². The average molecular weight is 258 g/mol. The lowest BCUT2D eigenvalue weighted by molar-refractivity contribution is 0.0692. The molecule has 4 heteroatoms. The van der Waals surface area contributed by atoms with E-state index in [9.17, 15) is 14.0 Å². The zero-order valence-electron chi connectivity index (χ0n) is 10.2. The molecule has 2 rings (SSSR count). The minimum absolute atomic E-state index is 0.0144. The SMILES string of the molecule is Cc1ccc(F)c(C(=O)c2ccccc2C(=O)O)c1. The first-order valence-corrected chi connectivity index (χ1v) is 5.64. The highest BCUT2D eigenvalue weighted by Crippen LogP contribution is 2.18. The van der Waals surface area contributed by atoms with Crippen LogP contribution in [0.4, 0.5) is 4.39 Å². The highest BCUT2D eigenvalue weighted by molar-refractivity contribution is 6.14. The predicted octanol–water partition coefficient (Wildman–Crippen LogP) is 3.06. The summed E-state index contributed by atoms with van der Waals surface area (Å²) < 4.78 is 13.7. The molecule has 0 aliphatic rings. The number of halogens is 1. The van der Waals surface area contributed by atoms with Crippen LogP contribution in [0.15, 0.2) is 42.5 Å². The summed E-state index contributed by atoms with van der Waals surface area (Å²) in [6.07, 6.45) is 0. The Morgan fingerprint density at radius 2 is 1.63 bits per heavy atom. The van der Waals surface area contributed by atoms with Crippen molar-refractivity contribution in [3.63, 3.8) is 0 Å². The maximum atomic E-state index is 13.7. The molecular formula is C15H11FO3. The molecule has 1 N–H and O–H groups in total. The molecular weight excluding hydrogens is 247 g/mol. The molecule has 0 radical (unpaired) electrons. The van der Waals surface area contributed by atoms with Crippen LogP contribution in [0.1, 0.15) is 31.8 Å². The molecule has 3 nitrogen and oxygen atoms in total. The summed E-state index contributed by atoms with van der Waals surface area (Å²) in [5, 5.41) is 9.04. The number of benzene rings is 2. The minimum Gasteiger partial charge on any atom is -0.478 e. The van der Waals surface area contributed by atoms with Gasteiger partial charge in [0.2, 0.25) is 0 Å². The highest BCUT2D eigenvalue weighted by Gasteiger charge is 2.19. The molecule has 0 aromatic heterocycles. The molecule has 19 heavy (non-hydrogen) atoms. The molecule has 0 spiro atoms. The number of aryl methyl sites for hydroxylation is 1. The van der Waals surface area contributed by atoms with Gasteiger partial charge in [-0.15, -0.1) is 0 Å². The Labute approximate surface area is 109 Å². The van der Waals surface area contributed by atoms with Gasteiger partial charge in [-0.25, -0.2) is 9.18 Å². The van der Waals surface area contributed by atoms with Crippen LogP contribution in [0, 0.1) is 12.7 Å². The summed E-state index contributed by atoms with van der Waals surface area (Å²) in [7, 11) is 0. The second kappa shape index (κ2) is 5.02. The molecule has 0 aliphatic carbocycles. The Morgan fingerprint density at radius 3 is 2.26 bits per heavy atom. The first-order valence-electron chi connectivity index (χ1n) is 5.64. The Morgan fingerprint density at radius 1 is 1.00 bits per heavy atom. The van der Waals surface area contributed by atoms with Crippen molar-refractivity contribution in [2.45, 2.75) is 6.92 Å². The Balaban J connectivity index is 2.56. The number of hydrogen-bond donors (Lipinski definition) is 1. The van der Waals surface area contributed by atoms with Crippen LogP contribution in [0.2, 0.25) is 0 Å². The normalized spacial score (nSPS) is 10.2. The average Bonchev–Trinajstić information content (AvgIpc) is 2.40. The van der Waals surface area contributed by atoms with Crippen LogP contribution in [0.25, 0.3) is 0 Å². The van der Waals surface area contributed by atoms with E-state index in [1.165, 1.54) is 30.3 Å². The van der Waals surface area contributed by atoms with Crippen LogP contribution < -0.4 is 0 Å². The fourth-order valence-corrected chi connectivity index (χ4v) is 1.83. The van der Waals surface area contributed by atoms with Gasteiger partial charge in [0, 0.05) is 5.56 Å². The first-order chi connectivity index (χ1) is 9.00. The summed E-state index contributed by atoms with van der Waals surface area (Å²) >= 11 is 0. The second-order valence-electron chi connectivity index (χ2n) is 4.16. The number of carboxylic acid groups (broad SMARTS) is 1. The number of carboxylic acids is 1. The monoisotopic (exact) mass is 258 g/mol. The Kier molecular flexibility index (Phi) is 3.42. The van der Waals surface area contributed by atoms with Crippen LogP contribution >= 0.6 is 0 Å². The largest absolute Gasteiger partial charge is 0.478 e. The van der Waals surface area contributed by atoms with Gasteiger partial charge >= 0.3 is 5.97 Å². The lowest BCUT2D eigenvalue weighted by atomic mass is 9.97. The van der Waals surface area contributed by atoms with Gasteiger partial charge in [0.1, 0.15) is 5.82 Å². The molecule has 0 unspecified atom stereocenters. The maximum absolute atomic E-state index is 13.7. The second-order valence-corrected chi connectivity index (χ2v) is 4.16. The molecule has 0 saturated carbocycles. The topological polar surface area (TPSA) is 54.4 Å².